The van der Waals surface area contributed by atoms with E-state index in [4.69, 9.17) is 9.84 Å². The molecule has 0 aromatic heterocycles. The summed E-state index contributed by atoms with van der Waals surface area (Å²) in [6, 6.07) is 0. The second kappa shape index (κ2) is 14.9. The fourth-order valence-electron chi connectivity index (χ4n) is 2.63. The molecule has 0 saturated carbocycles. The number of hydrogen-bond donors (Lipinski definition) is 1. The number of carboxylic acids is 1. The SMILES string of the molecule is CCCC(CC)CCOC(=O)CCCCCCCCC(=O)O. The van der Waals surface area contributed by atoms with Crippen molar-refractivity contribution in [1.29, 1.82) is 0 Å². The molecule has 0 radical (unpaired) electrons. The highest BCUT2D eigenvalue weighted by atomic mass is 16.5. The minimum absolute atomic E-state index is 0.0720. The number of rotatable bonds is 15. The Balaban J connectivity index is 3.37. The normalized spacial score (nSPS) is 12.1. The Morgan fingerprint density at radius 2 is 1.50 bits per heavy atom. The molecule has 0 aromatic carbocycles. The summed E-state index contributed by atoms with van der Waals surface area (Å²) in [5.74, 6) is -0.104. The summed E-state index contributed by atoms with van der Waals surface area (Å²) in [5, 5.41) is 8.51. The van der Waals surface area contributed by atoms with E-state index in [0.29, 0.717) is 18.9 Å². The maximum Gasteiger partial charge on any atom is 0.305 e. The number of aliphatic carboxylic acids is 1. The van der Waals surface area contributed by atoms with E-state index >= 15 is 0 Å². The molecule has 0 amide bonds. The van der Waals surface area contributed by atoms with E-state index in [1.807, 2.05) is 0 Å². The summed E-state index contributed by atoms with van der Waals surface area (Å²) < 4.78 is 5.29. The molecule has 0 aromatic rings. The smallest absolute Gasteiger partial charge is 0.305 e. The minimum atomic E-state index is -0.716. The lowest BCUT2D eigenvalue weighted by Gasteiger charge is -2.13. The largest absolute Gasteiger partial charge is 0.481 e. The van der Waals surface area contributed by atoms with Crippen LogP contribution in [0.4, 0.5) is 0 Å². The van der Waals surface area contributed by atoms with E-state index < -0.39 is 5.97 Å². The van der Waals surface area contributed by atoms with E-state index in [-0.39, 0.29) is 12.4 Å². The topological polar surface area (TPSA) is 63.6 Å². The molecule has 1 unspecified atom stereocenters. The highest BCUT2D eigenvalue weighted by Gasteiger charge is 2.07. The first-order chi connectivity index (χ1) is 10.6. The summed E-state index contributed by atoms with van der Waals surface area (Å²) in [5.41, 5.74) is 0. The quantitative estimate of drug-likeness (QED) is 0.343. The second-order valence-electron chi connectivity index (χ2n) is 6.09. The number of carbonyl (C=O) groups is 2. The van der Waals surface area contributed by atoms with Crippen molar-refractivity contribution in [2.24, 2.45) is 5.92 Å². The van der Waals surface area contributed by atoms with Gasteiger partial charge in [-0.1, -0.05) is 58.8 Å². The van der Waals surface area contributed by atoms with Crippen molar-refractivity contribution >= 4 is 11.9 Å². The third-order valence-electron chi connectivity index (χ3n) is 4.08. The molecular weight excluding hydrogens is 280 g/mol. The van der Waals surface area contributed by atoms with Gasteiger partial charge in [0, 0.05) is 12.8 Å². The fourth-order valence-corrected chi connectivity index (χ4v) is 2.63. The Hall–Kier alpha value is -1.06. The van der Waals surface area contributed by atoms with E-state index in [9.17, 15) is 9.59 Å². The van der Waals surface area contributed by atoms with Crippen molar-refractivity contribution in [3.63, 3.8) is 0 Å². The summed E-state index contributed by atoms with van der Waals surface area (Å²) in [6.45, 7) is 4.95. The van der Waals surface area contributed by atoms with Gasteiger partial charge >= 0.3 is 11.9 Å². The first-order valence-corrected chi connectivity index (χ1v) is 8.97. The van der Waals surface area contributed by atoms with Crippen LogP contribution in [-0.4, -0.2) is 23.7 Å². The molecule has 0 fully saturated rings. The van der Waals surface area contributed by atoms with Gasteiger partial charge in [-0.3, -0.25) is 9.59 Å². The lowest BCUT2D eigenvalue weighted by atomic mass is 9.98. The van der Waals surface area contributed by atoms with Gasteiger partial charge in [-0.25, -0.2) is 0 Å². The summed E-state index contributed by atoms with van der Waals surface area (Å²) in [4.78, 5) is 21.9. The molecule has 0 aliphatic carbocycles. The monoisotopic (exact) mass is 314 g/mol. The highest BCUT2D eigenvalue weighted by Crippen LogP contribution is 2.15. The molecular formula is C18H34O4. The molecule has 130 valence electrons. The van der Waals surface area contributed by atoms with Gasteiger partial charge in [-0.2, -0.15) is 0 Å². The van der Waals surface area contributed by atoms with Crippen LogP contribution < -0.4 is 0 Å². The van der Waals surface area contributed by atoms with Crippen LogP contribution in [0.15, 0.2) is 0 Å². The summed E-state index contributed by atoms with van der Waals surface area (Å²) in [7, 11) is 0. The Kier molecular flexibility index (Phi) is 14.1. The lowest BCUT2D eigenvalue weighted by molar-refractivity contribution is -0.144. The molecule has 0 bridgehead atoms. The van der Waals surface area contributed by atoms with Crippen molar-refractivity contribution in [3.05, 3.63) is 0 Å². The van der Waals surface area contributed by atoms with Gasteiger partial charge in [-0.05, 0) is 25.2 Å². The minimum Gasteiger partial charge on any atom is -0.481 e. The molecule has 0 aliphatic rings. The molecule has 0 heterocycles. The Morgan fingerprint density at radius 1 is 0.909 bits per heavy atom. The molecule has 0 aliphatic heterocycles. The molecule has 4 nitrogen and oxygen atoms in total. The van der Waals surface area contributed by atoms with Crippen molar-refractivity contribution < 1.29 is 19.4 Å². The highest BCUT2D eigenvalue weighted by molar-refractivity contribution is 5.69. The lowest BCUT2D eigenvalue weighted by Crippen LogP contribution is -2.09. The van der Waals surface area contributed by atoms with Gasteiger partial charge < -0.3 is 9.84 Å². The van der Waals surface area contributed by atoms with E-state index in [1.165, 1.54) is 12.8 Å². The predicted octanol–water partition coefficient (Wildman–Crippen LogP) is 4.95. The van der Waals surface area contributed by atoms with Crippen molar-refractivity contribution in [2.75, 3.05) is 6.61 Å². The molecule has 0 spiro atoms. The molecule has 1 N–H and O–H groups in total. The van der Waals surface area contributed by atoms with Crippen molar-refractivity contribution in [3.8, 4) is 0 Å². The van der Waals surface area contributed by atoms with Gasteiger partial charge in [0.25, 0.3) is 0 Å². The number of carboxylic acid groups (broad SMARTS) is 1. The Bertz CT molecular complexity index is 289. The maximum atomic E-state index is 11.6. The zero-order valence-electron chi connectivity index (χ0n) is 14.4. The van der Waals surface area contributed by atoms with Crippen LogP contribution in [-0.2, 0) is 14.3 Å². The number of ether oxygens (including phenoxy) is 1. The van der Waals surface area contributed by atoms with Gasteiger partial charge in [0.05, 0.1) is 6.61 Å². The van der Waals surface area contributed by atoms with Crippen LogP contribution in [0.25, 0.3) is 0 Å². The predicted molar refractivity (Wildman–Crippen MR) is 88.8 cm³/mol. The van der Waals surface area contributed by atoms with Crippen LogP contribution in [0.1, 0.15) is 90.9 Å². The van der Waals surface area contributed by atoms with Crippen LogP contribution in [0.2, 0.25) is 0 Å². The van der Waals surface area contributed by atoms with Crippen LogP contribution >= 0.6 is 0 Å². The fraction of sp³-hybridized carbons (Fsp3) is 0.889. The van der Waals surface area contributed by atoms with Gasteiger partial charge in [0.15, 0.2) is 0 Å². The van der Waals surface area contributed by atoms with Crippen LogP contribution in [0.5, 0.6) is 0 Å². The summed E-state index contributed by atoms with van der Waals surface area (Å²) >= 11 is 0. The molecule has 0 rings (SSSR count). The van der Waals surface area contributed by atoms with Gasteiger partial charge in [0.1, 0.15) is 0 Å². The zero-order valence-corrected chi connectivity index (χ0v) is 14.4. The number of hydrogen-bond acceptors (Lipinski definition) is 3. The summed E-state index contributed by atoms with van der Waals surface area (Å²) in [6.07, 6.45) is 11.1. The standard InChI is InChI=1S/C18H34O4/c1-3-11-16(4-2)14-15-22-18(21)13-10-8-6-5-7-9-12-17(19)20/h16H,3-15H2,1-2H3,(H,19,20). The molecule has 22 heavy (non-hydrogen) atoms. The van der Waals surface area contributed by atoms with Crippen molar-refractivity contribution in [2.45, 2.75) is 90.9 Å². The average Bonchev–Trinajstić information content (AvgIpc) is 2.48. The molecule has 4 heteroatoms. The first kappa shape index (κ1) is 20.9. The zero-order chi connectivity index (χ0) is 16.6. The third kappa shape index (κ3) is 13.9. The Labute approximate surface area is 135 Å². The maximum absolute atomic E-state index is 11.6. The average molecular weight is 314 g/mol. The number of esters is 1. The van der Waals surface area contributed by atoms with E-state index in [1.54, 1.807) is 0 Å². The van der Waals surface area contributed by atoms with E-state index in [0.717, 1.165) is 51.4 Å². The van der Waals surface area contributed by atoms with Crippen LogP contribution in [0, 0.1) is 5.92 Å². The van der Waals surface area contributed by atoms with E-state index in [2.05, 4.69) is 13.8 Å². The number of carbonyl (C=O) groups excluding carboxylic acids is 1. The Morgan fingerprint density at radius 3 is 2.05 bits per heavy atom. The molecule has 0 saturated heterocycles. The third-order valence-corrected chi connectivity index (χ3v) is 4.08. The molecule has 1 atom stereocenters. The second-order valence-corrected chi connectivity index (χ2v) is 6.09. The van der Waals surface area contributed by atoms with Gasteiger partial charge in [-0.15, -0.1) is 0 Å². The van der Waals surface area contributed by atoms with Gasteiger partial charge in [0.2, 0.25) is 0 Å². The first-order valence-electron chi connectivity index (χ1n) is 8.97. The van der Waals surface area contributed by atoms with Crippen molar-refractivity contribution in [1.82, 2.24) is 0 Å². The number of unbranched alkanes of at least 4 members (excludes halogenated alkanes) is 5. The van der Waals surface area contributed by atoms with Crippen LogP contribution in [0.3, 0.4) is 0 Å².